The molecule has 0 fully saturated rings. The number of carbonyl (C=O) groups is 2. The summed E-state index contributed by atoms with van der Waals surface area (Å²) in [4.78, 5) is 26.6. The van der Waals surface area contributed by atoms with Gasteiger partial charge in [-0.05, 0) is 36.6 Å². The van der Waals surface area contributed by atoms with Crippen LogP contribution in [-0.4, -0.2) is 18.9 Å². The zero-order chi connectivity index (χ0) is 16.6. The van der Waals surface area contributed by atoms with Crippen LogP contribution in [0.2, 0.25) is 0 Å². The number of nitrogens with zero attached hydrogens (tertiary/aromatic N) is 1. The minimum Gasteiger partial charge on any atom is -0.325 e. The van der Waals surface area contributed by atoms with Crippen molar-refractivity contribution >= 4 is 23.2 Å². The molecule has 0 saturated heterocycles. The number of anilines is 2. The predicted molar refractivity (Wildman–Crippen MR) is 91.8 cm³/mol. The van der Waals surface area contributed by atoms with Gasteiger partial charge in [0.05, 0.1) is 5.92 Å². The normalized spacial score (nSPS) is 16.9. The van der Waals surface area contributed by atoms with E-state index in [0.717, 1.165) is 28.1 Å². The molecule has 0 spiro atoms. The van der Waals surface area contributed by atoms with E-state index in [4.69, 9.17) is 0 Å². The van der Waals surface area contributed by atoms with E-state index in [2.05, 4.69) is 5.32 Å². The Balaban J connectivity index is 1.94. The zero-order valence-electron chi connectivity index (χ0n) is 13.6. The molecule has 0 bridgehead atoms. The molecule has 0 radical (unpaired) electrons. The lowest BCUT2D eigenvalue weighted by molar-refractivity contribution is -0.124. The van der Waals surface area contributed by atoms with Gasteiger partial charge in [-0.2, -0.15) is 0 Å². The highest BCUT2D eigenvalue weighted by molar-refractivity contribution is 6.06. The highest BCUT2D eigenvalue weighted by Crippen LogP contribution is 2.36. The van der Waals surface area contributed by atoms with Gasteiger partial charge < -0.3 is 10.2 Å². The maximum absolute atomic E-state index is 12.8. The fourth-order valence-corrected chi connectivity index (χ4v) is 3.10. The van der Waals surface area contributed by atoms with Crippen molar-refractivity contribution in [3.63, 3.8) is 0 Å². The van der Waals surface area contributed by atoms with E-state index in [1.807, 2.05) is 56.3 Å². The minimum absolute atomic E-state index is 0.0367. The molecule has 0 saturated carbocycles. The van der Waals surface area contributed by atoms with Crippen LogP contribution in [0.5, 0.6) is 0 Å². The van der Waals surface area contributed by atoms with Gasteiger partial charge in [-0.1, -0.05) is 36.4 Å². The van der Waals surface area contributed by atoms with Crippen LogP contribution < -0.4 is 10.2 Å². The van der Waals surface area contributed by atoms with Crippen LogP contribution in [0.3, 0.4) is 0 Å². The number of fused-ring (bicyclic) bond motifs is 1. The first-order valence-corrected chi connectivity index (χ1v) is 7.71. The molecule has 0 aromatic heterocycles. The van der Waals surface area contributed by atoms with Crippen LogP contribution in [-0.2, 0) is 9.59 Å². The van der Waals surface area contributed by atoms with Crippen LogP contribution in [0.1, 0.15) is 29.0 Å². The van der Waals surface area contributed by atoms with Crippen molar-refractivity contribution in [2.75, 3.05) is 17.3 Å². The lowest BCUT2D eigenvalue weighted by Gasteiger charge is -2.31. The van der Waals surface area contributed by atoms with Crippen molar-refractivity contribution in [2.24, 2.45) is 0 Å². The van der Waals surface area contributed by atoms with Crippen molar-refractivity contribution in [3.05, 3.63) is 59.2 Å². The Labute approximate surface area is 136 Å². The van der Waals surface area contributed by atoms with E-state index in [1.54, 1.807) is 11.9 Å². The largest absolute Gasteiger partial charge is 0.325 e. The minimum atomic E-state index is -0.450. The molecule has 2 aromatic rings. The van der Waals surface area contributed by atoms with Gasteiger partial charge in [0, 0.05) is 24.8 Å². The fourth-order valence-electron chi connectivity index (χ4n) is 3.10. The monoisotopic (exact) mass is 308 g/mol. The van der Waals surface area contributed by atoms with Crippen LogP contribution in [0, 0.1) is 13.8 Å². The molecule has 2 amide bonds. The molecular weight excluding hydrogens is 288 g/mol. The molecule has 1 N–H and O–H groups in total. The number of hydrogen-bond donors (Lipinski definition) is 1. The zero-order valence-corrected chi connectivity index (χ0v) is 13.6. The summed E-state index contributed by atoms with van der Waals surface area (Å²) in [5.41, 5.74) is 4.59. The Morgan fingerprint density at radius 2 is 1.74 bits per heavy atom. The van der Waals surface area contributed by atoms with Gasteiger partial charge in [0.2, 0.25) is 11.8 Å². The second-order valence-electron chi connectivity index (χ2n) is 6.02. The fraction of sp³-hybridized carbons (Fsp3) is 0.263. The lowest BCUT2D eigenvalue weighted by atomic mass is 9.88. The van der Waals surface area contributed by atoms with E-state index < -0.39 is 5.92 Å². The predicted octanol–water partition coefficient (Wildman–Crippen LogP) is 3.39. The highest BCUT2D eigenvalue weighted by atomic mass is 16.2. The topological polar surface area (TPSA) is 49.4 Å². The molecule has 4 nitrogen and oxygen atoms in total. The molecular formula is C19H20N2O2. The summed E-state index contributed by atoms with van der Waals surface area (Å²) in [6.07, 6.45) is 0.199. The number of nitrogens with one attached hydrogen (secondary N) is 1. The van der Waals surface area contributed by atoms with Gasteiger partial charge >= 0.3 is 0 Å². The van der Waals surface area contributed by atoms with Gasteiger partial charge in [-0.15, -0.1) is 0 Å². The Morgan fingerprint density at radius 1 is 1.09 bits per heavy atom. The first kappa shape index (κ1) is 15.3. The first-order valence-electron chi connectivity index (χ1n) is 7.71. The molecule has 1 heterocycles. The van der Waals surface area contributed by atoms with Crippen LogP contribution in [0.25, 0.3) is 0 Å². The standard InChI is InChI=1S/C19H20N2O2/c1-12-7-6-8-13(2)18(12)20-19(23)15-11-17(22)21(3)16-10-5-4-9-14(15)16/h4-10,15H,11H2,1-3H3,(H,20,23). The van der Waals surface area contributed by atoms with Gasteiger partial charge in [0.15, 0.2) is 0 Å². The van der Waals surface area contributed by atoms with Gasteiger partial charge in [-0.25, -0.2) is 0 Å². The SMILES string of the molecule is Cc1cccc(C)c1NC(=O)C1CC(=O)N(C)c2ccccc21. The Hall–Kier alpha value is -2.62. The molecule has 118 valence electrons. The molecule has 3 rings (SSSR count). The second kappa shape index (κ2) is 5.88. The molecule has 1 unspecified atom stereocenters. The number of rotatable bonds is 2. The van der Waals surface area contributed by atoms with E-state index >= 15 is 0 Å². The molecule has 1 atom stereocenters. The maximum Gasteiger partial charge on any atom is 0.232 e. The summed E-state index contributed by atoms with van der Waals surface area (Å²) in [6.45, 7) is 3.94. The van der Waals surface area contributed by atoms with Crippen LogP contribution in [0.15, 0.2) is 42.5 Å². The number of carbonyl (C=O) groups excluding carboxylic acids is 2. The van der Waals surface area contributed by atoms with Crippen LogP contribution in [0.4, 0.5) is 11.4 Å². The third kappa shape index (κ3) is 2.72. The number of aryl methyl sites for hydroxylation is 2. The van der Waals surface area contributed by atoms with Crippen molar-refractivity contribution < 1.29 is 9.59 Å². The quantitative estimate of drug-likeness (QED) is 0.924. The molecule has 23 heavy (non-hydrogen) atoms. The van der Waals surface area contributed by atoms with Crippen molar-refractivity contribution in [3.8, 4) is 0 Å². The molecule has 1 aliphatic rings. The number of amides is 2. The van der Waals surface area contributed by atoms with Gasteiger partial charge in [0.1, 0.15) is 0 Å². The summed E-state index contributed by atoms with van der Waals surface area (Å²) < 4.78 is 0. The third-order valence-electron chi connectivity index (χ3n) is 4.47. The average molecular weight is 308 g/mol. The molecule has 0 aliphatic carbocycles. The summed E-state index contributed by atoms with van der Waals surface area (Å²) >= 11 is 0. The van der Waals surface area contributed by atoms with Crippen LogP contribution >= 0.6 is 0 Å². The maximum atomic E-state index is 12.8. The number of hydrogen-bond acceptors (Lipinski definition) is 2. The average Bonchev–Trinajstić information content (AvgIpc) is 2.54. The summed E-state index contributed by atoms with van der Waals surface area (Å²) in [6, 6.07) is 13.5. The molecule has 4 heteroatoms. The molecule has 1 aliphatic heterocycles. The Morgan fingerprint density at radius 3 is 2.43 bits per heavy atom. The summed E-state index contributed by atoms with van der Waals surface area (Å²) in [5.74, 6) is -0.615. The van der Waals surface area contributed by atoms with Gasteiger partial charge in [-0.3, -0.25) is 9.59 Å². The van der Waals surface area contributed by atoms with E-state index in [-0.39, 0.29) is 18.2 Å². The van der Waals surface area contributed by atoms with Crippen molar-refractivity contribution in [1.29, 1.82) is 0 Å². The number of para-hydroxylation sites is 2. The van der Waals surface area contributed by atoms with Gasteiger partial charge in [0.25, 0.3) is 0 Å². The van der Waals surface area contributed by atoms with Crippen molar-refractivity contribution in [2.45, 2.75) is 26.2 Å². The third-order valence-corrected chi connectivity index (χ3v) is 4.47. The summed E-state index contributed by atoms with van der Waals surface area (Å²) in [5, 5.41) is 3.01. The Bertz CT molecular complexity index is 762. The smallest absolute Gasteiger partial charge is 0.232 e. The Kier molecular flexibility index (Phi) is 3.90. The van der Waals surface area contributed by atoms with E-state index in [0.29, 0.717) is 0 Å². The van der Waals surface area contributed by atoms with E-state index in [1.165, 1.54) is 0 Å². The first-order chi connectivity index (χ1) is 11.0. The second-order valence-corrected chi connectivity index (χ2v) is 6.02. The van der Waals surface area contributed by atoms with E-state index in [9.17, 15) is 9.59 Å². The van der Waals surface area contributed by atoms with Crippen molar-refractivity contribution in [1.82, 2.24) is 0 Å². The highest BCUT2D eigenvalue weighted by Gasteiger charge is 2.33. The number of benzene rings is 2. The summed E-state index contributed by atoms with van der Waals surface area (Å²) in [7, 11) is 1.75. The lowest BCUT2D eigenvalue weighted by Crippen LogP contribution is -2.37. The molecule has 2 aromatic carbocycles.